The maximum absolute atomic E-state index is 12.7. The van der Waals surface area contributed by atoms with Gasteiger partial charge in [-0.25, -0.2) is 4.98 Å². The molecule has 0 radical (unpaired) electrons. The first kappa shape index (κ1) is 13.9. The van der Waals surface area contributed by atoms with E-state index < -0.39 is 12.1 Å². The summed E-state index contributed by atoms with van der Waals surface area (Å²) in [5.74, 6) is -0.408. The number of H-pyrrole nitrogens is 1. The van der Waals surface area contributed by atoms with Gasteiger partial charge in [-0.15, -0.1) is 0 Å². The molecule has 2 aliphatic rings. The zero-order chi connectivity index (χ0) is 14.2. The Balaban J connectivity index is 1.61. The fourth-order valence-corrected chi connectivity index (χ4v) is 3.11. The second kappa shape index (κ2) is 5.39. The first-order valence-corrected chi connectivity index (χ1v) is 7.27. The van der Waals surface area contributed by atoms with E-state index in [1.54, 1.807) is 0 Å². The number of aromatic nitrogens is 2. The lowest BCUT2D eigenvalue weighted by Gasteiger charge is -2.23. The molecule has 0 bridgehead atoms. The van der Waals surface area contributed by atoms with Crippen molar-refractivity contribution >= 4 is 0 Å². The zero-order valence-electron chi connectivity index (χ0n) is 11.3. The number of alkyl halides is 3. The average Bonchev–Trinajstić information content (AvgIpc) is 3.03. The number of aromatic amines is 1. The van der Waals surface area contributed by atoms with Crippen molar-refractivity contribution in [3.63, 3.8) is 0 Å². The van der Waals surface area contributed by atoms with Crippen LogP contribution in [0.3, 0.4) is 0 Å². The SMILES string of the molecule is FC(F)(F)C1CCc2nc(CCC3CCCO3)[nH]c2C1. The van der Waals surface area contributed by atoms with Gasteiger partial charge in [-0.1, -0.05) is 0 Å². The fraction of sp³-hybridized carbons (Fsp3) is 0.786. The van der Waals surface area contributed by atoms with Crippen molar-refractivity contribution in [3.8, 4) is 0 Å². The zero-order valence-corrected chi connectivity index (χ0v) is 11.3. The van der Waals surface area contributed by atoms with Gasteiger partial charge in [-0.2, -0.15) is 13.2 Å². The summed E-state index contributed by atoms with van der Waals surface area (Å²) in [5, 5.41) is 0. The van der Waals surface area contributed by atoms with Gasteiger partial charge in [0.05, 0.1) is 17.7 Å². The lowest BCUT2D eigenvalue weighted by molar-refractivity contribution is -0.177. The van der Waals surface area contributed by atoms with Crippen molar-refractivity contribution in [3.05, 3.63) is 17.2 Å². The van der Waals surface area contributed by atoms with Crippen LogP contribution in [0.4, 0.5) is 13.2 Å². The Labute approximate surface area is 115 Å². The molecule has 3 rings (SSSR count). The highest BCUT2D eigenvalue weighted by molar-refractivity contribution is 5.19. The molecule has 1 N–H and O–H groups in total. The van der Waals surface area contributed by atoms with Gasteiger partial charge in [0.15, 0.2) is 0 Å². The first-order chi connectivity index (χ1) is 9.52. The van der Waals surface area contributed by atoms with Crippen molar-refractivity contribution in [1.82, 2.24) is 9.97 Å². The number of nitrogens with one attached hydrogen (secondary N) is 1. The minimum Gasteiger partial charge on any atom is -0.378 e. The Bertz CT molecular complexity index is 463. The summed E-state index contributed by atoms with van der Waals surface area (Å²) in [6.07, 6.45) is 0.668. The van der Waals surface area contributed by atoms with Crippen molar-refractivity contribution in [2.24, 2.45) is 5.92 Å². The van der Waals surface area contributed by atoms with Gasteiger partial charge in [0, 0.05) is 25.1 Å². The van der Waals surface area contributed by atoms with E-state index >= 15 is 0 Å². The van der Waals surface area contributed by atoms with E-state index in [1.165, 1.54) is 0 Å². The van der Waals surface area contributed by atoms with Crippen molar-refractivity contribution < 1.29 is 17.9 Å². The topological polar surface area (TPSA) is 37.9 Å². The average molecular weight is 288 g/mol. The summed E-state index contributed by atoms with van der Waals surface area (Å²) in [5.41, 5.74) is 1.51. The van der Waals surface area contributed by atoms with Crippen LogP contribution in [-0.2, 0) is 24.0 Å². The summed E-state index contributed by atoms with van der Waals surface area (Å²) in [7, 11) is 0. The van der Waals surface area contributed by atoms with E-state index in [4.69, 9.17) is 4.74 Å². The highest BCUT2D eigenvalue weighted by Crippen LogP contribution is 2.36. The smallest absolute Gasteiger partial charge is 0.378 e. The van der Waals surface area contributed by atoms with Gasteiger partial charge in [0.2, 0.25) is 0 Å². The van der Waals surface area contributed by atoms with Crippen LogP contribution in [0.2, 0.25) is 0 Å². The molecule has 1 aliphatic carbocycles. The molecule has 1 aromatic rings. The Hall–Kier alpha value is -1.04. The lowest BCUT2D eigenvalue weighted by atomic mass is 9.89. The highest BCUT2D eigenvalue weighted by Gasteiger charge is 2.41. The van der Waals surface area contributed by atoms with E-state index in [1.807, 2.05) is 0 Å². The summed E-state index contributed by atoms with van der Waals surface area (Å²) in [4.78, 5) is 7.54. The number of imidazole rings is 1. The number of rotatable bonds is 3. The molecule has 2 heterocycles. The number of aryl methyl sites for hydroxylation is 2. The summed E-state index contributed by atoms with van der Waals surface area (Å²) in [6, 6.07) is 0. The summed E-state index contributed by atoms with van der Waals surface area (Å²) in [6.45, 7) is 0.826. The largest absolute Gasteiger partial charge is 0.392 e. The van der Waals surface area contributed by atoms with Crippen molar-refractivity contribution in [2.45, 2.75) is 57.2 Å². The fourth-order valence-electron chi connectivity index (χ4n) is 3.11. The second-order valence-corrected chi connectivity index (χ2v) is 5.76. The Morgan fingerprint density at radius 1 is 1.30 bits per heavy atom. The third-order valence-electron chi connectivity index (χ3n) is 4.28. The Morgan fingerprint density at radius 3 is 2.85 bits per heavy atom. The molecular formula is C14H19F3N2O. The lowest BCUT2D eigenvalue weighted by Crippen LogP contribution is -2.28. The molecule has 0 aromatic carbocycles. The Kier molecular flexibility index (Phi) is 3.75. The van der Waals surface area contributed by atoms with Gasteiger partial charge in [-0.05, 0) is 32.1 Å². The monoisotopic (exact) mass is 288 g/mol. The van der Waals surface area contributed by atoms with Crippen molar-refractivity contribution in [2.75, 3.05) is 6.61 Å². The maximum atomic E-state index is 12.7. The molecule has 3 nitrogen and oxygen atoms in total. The third kappa shape index (κ3) is 3.00. The molecule has 0 amide bonds. The van der Waals surface area contributed by atoms with E-state index in [-0.39, 0.29) is 12.8 Å². The van der Waals surface area contributed by atoms with Crippen LogP contribution in [-0.4, -0.2) is 28.9 Å². The standard InChI is InChI=1S/C14H19F3N2O/c15-14(16,17)9-3-5-11-12(8-9)19-13(18-11)6-4-10-2-1-7-20-10/h9-10H,1-8H2,(H,18,19). The van der Waals surface area contributed by atoms with Crippen LogP contribution < -0.4 is 0 Å². The molecule has 1 aliphatic heterocycles. The van der Waals surface area contributed by atoms with Gasteiger partial charge < -0.3 is 9.72 Å². The number of fused-ring (bicyclic) bond motifs is 1. The summed E-state index contributed by atoms with van der Waals surface area (Å²) >= 11 is 0. The van der Waals surface area contributed by atoms with E-state index in [9.17, 15) is 13.2 Å². The number of hydrogen-bond acceptors (Lipinski definition) is 2. The maximum Gasteiger partial charge on any atom is 0.392 e. The molecule has 1 aromatic heterocycles. The highest BCUT2D eigenvalue weighted by atomic mass is 19.4. The molecular weight excluding hydrogens is 269 g/mol. The quantitative estimate of drug-likeness (QED) is 0.927. The normalized spacial score (nSPS) is 26.8. The van der Waals surface area contributed by atoms with Crippen molar-refractivity contribution in [1.29, 1.82) is 0 Å². The molecule has 2 atom stereocenters. The van der Waals surface area contributed by atoms with Crippen LogP contribution in [0.25, 0.3) is 0 Å². The minimum atomic E-state index is -4.10. The van der Waals surface area contributed by atoms with Crippen LogP contribution >= 0.6 is 0 Å². The number of ether oxygens (including phenoxy) is 1. The van der Waals surface area contributed by atoms with Gasteiger partial charge in [-0.3, -0.25) is 0 Å². The van der Waals surface area contributed by atoms with E-state index in [0.29, 0.717) is 18.2 Å². The van der Waals surface area contributed by atoms with E-state index in [0.717, 1.165) is 43.8 Å². The number of halogens is 3. The molecule has 0 saturated carbocycles. The number of nitrogens with zero attached hydrogens (tertiary/aromatic N) is 1. The first-order valence-electron chi connectivity index (χ1n) is 7.27. The van der Waals surface area contributed by atoms with Gasteiger partial charge in [0.1, 0.15) is 5.82 Å². The second-order valence-electron chi connectivity index (χ2n) is 5.76. The minimum absolute atomic E-state index is 0.0474. The summed E-state index contributed by atoms with van der Waals surface area (Å²) < 4.78 is 43.8. The predicted molar refractivity (Wildman–Crippen MR) is 67.5 cm³/mol. The molecule has 112 valence electrons. The predicted octanol–water partition coefficient (Wildman–Crippen LogP) is 3.19. The van der Waals surface area contributed by atoms with Gasteiger partial charge >= 0.3 is 6.18 Å². The molecule has 0 spiro atoms. The molecule has 20 heavy (non-hydrogen) atoms. The van der Waals surface area contributed by atoms with Gasteiger partial charge in [0.25, 0.3) is 0 Å². The molecule has 1 fully saturated rings. The molecule has 6 heteroatoms. The molecule has 2 unspecified atom stereocenters. The third-order valence-corrected chi connectivity index (χ3v) is 4.28. The Morgan fingerprint density at radius 2 is 2.15 bits per heavy atom. The number of hydrogen-bond donors (Lipinski definition) is 1. The van der Waals surface area contributed by atoms with Crippen LogP contribution in [0.5, 0.6) is 0 Å². The molecule has 1 saturated heterocycles. The van der Waals surface area contributed by atoms with E-state index in [2.05, 4.69) is 9.97 Å². The van der Waals surface area contributed by atoms with Crippen LogP contribution in [0.15, 0.2) is 0 Å². The van der Waals surface area contributed by atoms with Crippen LogP contribution in [0, 0.1) is 5.92 Å². The van der Waals surface area contributed by atoms with Crippen LogP contribution in [0.1, 0.15) is 42.9 Å².